The molecule has 0 spiro atoms. The van der Waals surface area contributed by atoms with Crippen molar-refractivity contribution >= 4 is 18.1 Å². The highest BCUT2D eigenvalue weighted by molar-refractivity contribution is 7.71. The third kappa shape index (κ3) is 3.53. The van der Waals surface area contributed by atoms with Gasteiger partial charge >= 0.3 is 0 Å². The predicted octanol–water partition coefficient (Wildman–Crippen LogP) is 2.73. The number of benzene rings is 1. The van der Waals surface area contributed by atoms with E-state index in [9.17, 15) is 9.90 Å². The standard InChI is InChI=1S/C15H16N2O2S/c1-10(18)12-6-4-11(5-7-12)9-17-14(19)13-3-2-8-16-15(13)20/h2-8,10,18H,9H2,1H3,(H,16,20)(H,17,19)/t10-/m1/s1. The molecule has 0 fully saturated rings. The van der Waals surface area contributed by atoms with Crippen molar-refractivity contribution in [2.75, 3.05) is 0 Å². The summed E-state index contributed by atoms with van der Waals surface area (Å²) >= 11 is 5.06. The number of aliphatic hydroxyl groups is 1. The Hall–Kier alpha value is -1.98. The van der Waals surface area contributed by atoms with Crippen LogP contribution in [-0.4, -0.2) is 16.0 Å². The summed E-state index contributed by atoms with van der Waals surface area (Å²) in [6, 6.07) is 10.9. The van der Waals surface area contributed by atoms with Crippen LogP contribution in [0.5, 0.6) is 0 Å². The Morgan fingerprint density at radius 3 is 2.65 bits per heavy atom. The van der Waals surface area contributed by atoms with Gasteiger partial charge in [-0.3, -0.25) is 4.79 Å². The number of hydrogen-bond acceptors (Lipinski definition) is 3. The minimum atomic E-state index is -0.485. The summed E-state index contributed by atoms with van der Waals surface area (Å²) in [6.07, 6.45) is 1.20. The van der Waals surface area contributed by atoms with Crippen molar-refractivity contribution in [3.05, 3.63) is 63.9 Å². The molecule has 2 rings (SSSR count). The second kappa shape index (κ2) is 6.45. The first-order valence-electron chi connectivity index (χ1n) is 6.30. The van der Waals surface area contributed by atoms with Gasteiger partial charge in [0.15, 0.2) is 0 Å². The lowest BCUT2D eigenvalue weighted by molar-refractivity contribution is 0.0950. The predicted molar refractivity (Wildman–Crippen MR) is 79.9 cm³/mol. The first-order valence-corrected chi connectivity index (χ1v) is 6.71. The summed E-state index contributed by atoms with van der Waals surface area (Å²) < 4.78 is 0.425. The van der Waals surface area contributed by atoms with E-state index in [1.165, 1.54) is 0 Å². The number of carbonyl (C=O) groups excluding carboxylic acids is 1. The Kier molecular flexibility index (Phi) is 4.65. The molecule has 0 bridgehead atoms. The van der Waals surface area contributed by atoms with Gasteiger partial charge in [0.1, 0.15) is 4.64 Å². The number of H-pyrrole nitrogens is 1. The molecule has 1 amide bonds. The monoisotopic (exact) mass is 288 g/mol. The molecule has 1 atom stereocenters. The van der Waals surface area contributed by atoms with Crippen molar-refractivity contribution in [1.82, 2.24) is 10.3 Å². The Morgan fingerprint density at radius 2 is 2.05 bits per heavy atom. The van der Waals surface area contributed by atoms with Crippen LogP contribution in [0.25, 0.3) is 0 Å². The fourth-order valence-corrected chi connectivity index (χ4v) is 2.02. The average Bonchev–Trinajstić information content (AvgIpc) is 2.45. The molecule has 0 aliphatic rings. The molecule has 3 N–H and O–H groups in total. The van der Waals surface area contributed by atoms with Crippen LogP contribution in [0, 0.1) is 4.64 Å². The molecule has 0 aliphatic carbocycles. The minimum Gasteiger partial charge on any atom is -0.389 e. The normalized spacial score (nSPS) is 11.9. The molecule has 4 nitrogen and oxygen atoms in total. The third-order valence-electron chi connectivity index (χ3n) is 2.98. The third-order valence-corrected chi connectivity index (χ3v) is 3.32. The second-order valence-corrected chi connectivity index (χ2v) is 4.92. The molecule has 0 saturated carbocycles. The molecule has 0 radical (unpaired) electrons. The maximum atomic E-state index is 12.0. The highest BCUT2D eigenvalue weighted by atomic mass is 32.1. The number of aromatic nitrogens is 1. The van der Waals surface area contributed by atoms with Crippen molar-refractivity contribution in [2.45, 2.75) is 19.6 Å². The van der Waals surface area contributed by atoms with Crippen molar-refractivity contribution in [3.63, 3.8) is 0 Å². The summed E-state index contributed by atoms with van der Waals surface area (Å²) in [5.41, 5.74) is 2.28. The van der Waals surface area contributed by atoms with Crippen molar-refractivity contribution in [1.29, 1.82) is 0 Å². The van der Waals surface area contributed by atoms with Gasteiger partial charge in [0.2, 0.25) is 0 Å². The number of aliphatic hydroxyl groups excluding tert-OH is 1. The molecule has 0 unspecified atom stereocenters. The number of rotatable bonds is 4. The zero-order valence-corrected chi connectivity index (χ0v) is 11.9. The van der Waals surface area contributed by atoms with E-state index in [1.807, 2.05) is 24.3 Å². The van der Waals surface area contributed by atoms with E-state index in [0.717, 1.165) is 11.1 Å². The lowest BCUT2D eigenvalue weighted by Gasteiger charge is -2.08. The number of pyridine rings is 1. The summed E-state index contributed by atoms with van der Waals surface area (Å²) in [6.45, 7) is 2.14. The number of aromatic amines is 1. The van der Waals surface area contributed by atoms with Crippen LogP contribution in [-0.2, 0) is 6.54 Å². The molecule has 1 aromatic heterocycles. The Bertz CT molecular complexity index is 647. The smallest absolute Gasteiger partial charge is 0.254 e. The van der Waals surface area contributed by atoms with Gasteiger partial charge in [0.25, 0.3) is 5.91 Å². The number of nitrogens with one attached hydrogen (secondary N) is 2. The van der Waals surface area contributed by atoms with Crippen molar-refractivity contribution in [2.24, 2.45) is 0 Å². The quantitative estimate of drug-likeness (QED) is 0.758. The van der Waals surface area contributed by atoms with E-state index >= 15 is 0 Å². The van der Waals surface area contributed by atoms with Crippen LogP contribution in [0.1, 0.15) is 34.5 Å². The molecule has 0 saturated heterocycles. The molecule has 1 heterocycles. The Morgan fingerprint density at radius 1 is 1.35 bits per heavy atom. The molecule has 104 valence electrons. The summed E-state index contributed by atoms with van der Waals surface area (Å²) in [7, 11) is 0. The topological polar surface area (TPSA) is 65.1 Å². The fourth-order valence-electron chi connectivity index (χ4n) is 1.79. The number of amides is 1. The minimum absolute atomic E-state index is 0.202. The zero-order chi connectivity index (χ0) is 14.5. The van der Waals surface area contributed by atoms with E-state index in [2.05, 4.69) is 10.3 Å². The van der Waals surface area contributed by atoms with E-state index in [-0.39, 0.29) is 5.91 Å². The van der Waals surface area contributed by atoms with Gasteiger partial charge in [-0.25, -0.2) is 0 Å². The fraction of sp³-hybridized carbons (Fsp3) is 0.200. The van der Waals surface area contributed by atoms with Crippen molar-refractivity contribution in [3.8, 4) is 0 Å². The molecule has 0 aliphatic heterocycles. The average molecular weight is 288 g/mol. The lowest BCUT2D eigenvalue weighted by Crippen LogP contribution is -2.23. The van der Waals surface area contributed by atoms with Gasteiger partial charge in [-0.1, -0.05) is 36.5 Å². The second-order valence-electron chi connectivity index (χ2n) is 4.51. The summed E-state index contributed by atoms with van der Waals surface area (Å²) in [5.74, 6) is -0.202. The van der Waals surface area contributed by atoms with E-state index < -0.39 is 6.10 Å². The van der Waals surface area contributed by atoms with Crippen LogP contribution >= 0.6 is 12.2 Å². The van der Waals surface area contributed by atoms with Gasteiger partial charge in [-0.2, -0.15) is 0 Å². The molecule has 2 aromatic rings. The zero-order valence-electron chi connectivity index (χ0n) is 11.1. The van der Waals surface area contributed by atoms with Crippen molar-refractivity contribution < 1.29 is 9.90 Å². The van der Waals surface area contributed by atoms with E-state index in [1.54, 1.807) is 25.3 Å². The lowest BCUT2D eigenvalue weighted by atomic mass is 10.1. The summed E-state index contributed by atoms with van der Waals surface area (Å²) in [5, 5.41) is 12.2. The van der Waals surface area contributed by atoms with Crippen LogP contribution < -0.4 is 5.32 Å². The first-order chi connectivity index (χ1) is 9.58. The van der Waals surface area contributed by atoms with Gasteiger partial charge in [0, 0.05) is 12.7 Å². The summed E-state index contributed by atoms with van der Waals surface area (Å²) in [4.78, 5) is 14.8. The van der Waals surface area contributed by atoms with Crippen LogP contribution in [0.4, 0.5) is 0 Å². The van der Waals surface area contributed by atoms with Gasteiger partial charge in [0.05, 0.1) is 11.7 Å². The van der Waals surface area contributed by atoms with E-state index in [0.29, 0.717) is 16.7 Å². The van der Waals surface area contributed by atoms with Gasteiger partial charge in [-0.05, 0) is 30.2 Å². The van der Waals surface area contributed by atoms with Gasteiger partial charge < -0.3 is 15.4 Å². The highest BCUT2D eigenvalue weighted by Gasteiger charge is 2.07. The largest absolute Gasteiger partial charge is 0.389 e. The van der Waals surface area contributed by atoms with Crippen LogP contribution in [0.3, 0.4) is 0 Å². The molecule has 1 aromatic carbocycles. The van der Waals surface area contributed by atoms with E-state index in [4.69, 9.17) is 12.2 Å². The van der Waals surface area contributed by atoms with Crippen LogP contribution in [0.15, 0.2) is 42.6 Å². The maximum absolute atomic E-state index is 12.0. The Labute approximate surface area is 122 Å². The number of carbonyl (C=O) groups is 1. The molecular formula is C15H16N2O2S. The van der Waals surface area contributed by atoms with Crippen LogP contribution in [0.2, 0.25) is 0 Å². The highest BCUT2D eigenvalue weighted by Crippen LogP contribution is 2.12. The molecular weight excluding hydrogens is 272 g/mol. The van der Waals surface area contributed by atoms with Gasteiger partial charge in [-0.15, -0.1) is 0 Å². The number of hydrogen-bond donors (Lipinski definition) is 3. The maximum Gasteiger partial charge on any atom is 0.254 e. The Balaban J connectivity index is 2.00. The molecule has 20 heavy (non-hydrogen) atoms. The first kappa shape index (κ1) is 14.4. The SMILES string of the molecule is C[C@@H](O)c1ccc(CNC(=O)c2ccc[nH]c2=S)cc1. The molecule has 5 heteroatoms.